The zero-order valence-corrected chi connectivity index (χ0v) is 12.8. The van der Waals surface area contributed by atoms with Crippen LogP contribution in [0.5, 0.6) is 0 Å². The van der Waals surface area contributed by atoms with E-state index in [0.717, 1.165) is 49.8 Å². The lowest BCUT2D eigenvalue weighted by Crippen LogP contribution is -2.13. The molecule has 1 aliphatic heterocycles. The number of carboxylic acids is 1. The van der Waals surface area contributed by atoms with E-state index in [1.807, 2.05) is 6.07 Å². The number of carbonyl (C=O) groups is 1. The number of aromatic amines is 1. The third kappa shape index (κ3) is 2.22. The van der Waals surface area contributed by atoms with Gasteiger partial charge in [-0.05, 0) is 43.2 Å². The number of benzene rings is 1. The highest BCUT2D eigenvalue weighted by Gasteiger charge is 2.49. The van der Waals surface area contributed by atoms with Crippen LogP contribution in [0.2, 0.25) is 0 Å². The highest BCUT2D eigenvalue weighted by Crippen LogP contribution is 2.51. The smallest absolute Gasteiger partial charge is 0.352 e. The molecule has 2 heterocycles. The maximum absolute atomic E-state index is 11.6. The van der Waals surface area contributed by atoms with E-state index >= 15 is 0 Å². The van der Waals surface area contributed by atoms with Crippen molar-refractivity contribution in [2.24, 2.45) is 0 Å². The number of H-pyrrole nitrogens is 1. The molecule has 1 aromatic carbocycles. The topological polar surface area (TPSA) is 86.1 Å². The van der Waals surface area contributed by atoms with Crippen LogP contribution in [-0.2, 0) is 10.2 Å². The van der Waals surface area contributed by atoms with Gasteiger partial charge in [0.05, 0.1) is 11.5 Å². The number of hydrogen-bond acceptors (Lipinski definition) is 3. The fourth-order valence-corrected chi connectivity index (χ4v) is 3.70. The molecule has 1 saturated carbocycles. The van der Waals surface area contributed by atoms with Gasteiger partial charge in [0.25, 0.3) is 0 Å². The number of fused-ring (bicyclic) bond motifs is 1. The Morgan fingerprint density at radius 3 is 2.70 bits per heavy atom. The van der Waals surface area contributed by atoms with Gasteiger partial charge in [-0.15, -0.1) is 0 Å². The summed E-state index contributed by atoms with van der Waals surface area (Å²) in [4.78, 5) is 14.7. The number of aromatic carboxylic acids is 1. The van der Waals surface area contributed by atoms with Gasteiger partial charge in [-0.2, -0.15) is 5.26 Å². The van der Waals surface area contributed by atoms with Gasteiger partial charge in [-0.3, -0.25) is 0 Å². The highest BCUT2D eigenvalue weighted by atomic mass is 16.5. The molecule has 2 aromatic rings. The van der Waals surface area contributed by atoms with Crippen molar-refractivity contribution < 1.29 is 14.6 Å². The molecule has 0 amide bonds. The number of nitrogens with one attached hydrogen (secondary N) is 1. The first-order valence-electron chi connectivity index (χ1n) is 8.03. The monoisotopic (exact) mass is 310 g/mol. The minimum Gasteiger partial charge on any atom is -0.477 e. The molecule has 2 aliphatic rings. The van der Waals surface area contributed by atoms with Crippen LogP contribution >= 0.6 is 0 Å². The zero-order valence-electron chi connectivity index (χ0n) is 12.8. The molecule has 5 nitrogen and oxygen atoms in total. The summed E-state index contributed by atoms with van der Waals surface area (Å²) in [6, 6.07) is 8.43. The Kier molecular flexibility index (Phi) is 3.17. The SMILES string of the molecule is N#CC1(c2c(C(=O)O)[nH]c3cc(C4CCOCC4)ccc23)CC1. The maximum Gasteiger partial charge on any atom is 0.352 e. The molecule has 0 spiro atoms. The van der Waals surface area contributed by atoms with Crippen LogP contribution in [0.15, 0.2) is 18.2 Å². The molecule has 5 heteroatoms. The number of nitriles is 1. The minimum atomic E-state index is -0.995. The van der Waals surface area contributed by atoms with E-state index < -0.39 is 11.4 Å². The van der Waals surface area contributed by atoms with Gasteiger partial charge in [-0.25, -0.2) is 4.79 Å². The first kappa shape index (κ1) is 14.3. The number of ether oxygens (including phenoxy) is 1. The lowest BCUT2D eigenvalue weighted by molar-refractivity contribution is 0.0690. The van der Waals surface area contributed by atoms with Crippen LogP contribution in [0, 0.1) is 11.3 Å². The third-order valence-electron chi connectivity index (χ3n) is 5.17. The summed E-state index contributed by atoms with van der Waals surface area (Å²) in [7, 11) is 0. The summed E-state index contributed by atoms with van der Waals surface area (Å²) >= 11 is 0. The fourth-order valence-electron chi connectivity index (χ4n) is 3.70. The van der Waals surface area contributed by atoms with E-state index in [4.69, 9.17) is 4.74 Å². The molecule has 23 heavy (non-hydrogen) atoms. The van der Waals surface area contributed by atoms with E-state index in [1.165, 1.54) is 5.56 Å². The van der Waals surface area contributed by atoms with E-state index in [-0.39, 0.29) is 5.69 Å². The van der Waals surface area contributed by atoms with Crippen molar-refractivity contribution in [1.82, 2.24) is 4.98 Å². The minimum absolute atomic E-state index is 0.170. The van der Waals surface area contributed by atoms with Gasteiger partial charge < -0.3 is 14.8 Å². The summed E-state index contributed by atoms with van der Waals surface area (Å²) in [5.74, 6) is -0.538. The normalized spacial score (nSPS) is 20.3. The molecule has 0 bridgehead atoms. The van der Waals surface area contributed by atoms with Crippen LogP contribution in [0.1, 0.15) is 53.2 Å². The van der Waals surface area contributed by atoms with Crippen molar-refractivity contribution in [2.75, 3.05) is 13.2 Å². The molecule has 4 rings (SSSR count). The Hall–Kier alpha value is -2.32. The quantitative estimate of drug-likeness (QED) is 0.910. The second-order valence-electron chi connectivity index (χ2n) is 6.57. The van der Waals surface area contributed by atoms with E-state index in [2.05, 4.69) is 23.2 Å². The average molecular weight is 310 g/mol. The van der Waals surface area contributed by atoms with E-state index in [9.17, 15) is 15.2 Å². The number of nitrogens with zero attached hydrogens (tertiary/aromatic N) is 1. The molecule has 0 radical (unpaired) electrons. The van der Waals surface area contributed by atoms with Gasteiger partial charge >= 0.3 is 5.97 Å². The van der Waals surface area contributed by atoms with Crippen molar-refractivity contribution in [3.05, 3.63) is 35.0 Å². The maximum atomic E-state index is 11.6. The Bertz CT molecular complexity index is 821. The van der Waals surface area contributed by atoms with Gasteiger partial charge in [0.2, 0.25) is 0 Å². The summed E-state index contributed by atoms with van der Waals surface area (Å²) in [6.07, 6.45) is 3.46. The predicted molar refractivity (Wildman–Crippen MR) is 84.6 cm³/mol. The molecule has 0 unspecified atom stereocenters. The zero-order chi connectivity index (χ0) is 16.0. The van der Waals surface area contributed by atoms with E-state index in [0.29, 0.717) is 11.5 Å². The summed E-state index contributed by atoms with van der Waals surface area (Å²) in [5.41, 5.74) is 2.26. The van der Waals surface area contributed by atoms with Crippen LogP contribution in [0.3, 0.4) is 0 Å². The molecule has 2 fully saturated rings. The summed E-state index contributed by atoms with van der Waals surface area (Å²) in [5, 5.41) is 19.9. The average Bonchev–Trinajstić information content (AvgIpc) is 3.28. The Morgan fingerprint density at radius 1 is 1.35 bits per heavy atom. The van der Waals surface area contributed by atoms with Crippen molar-refractivity contribution in [1.29, 1.82) is 5.26 Å². The molecular formula is C18H18N2O3. The lowest BCUT2D eigenvalue weighted by Gasteiger charge is -2.22. The molecule has 0 atom stereocenters. The number of aromatic nitrogens is 1. The summed E-state index contributed by atoms with van der Waals surface area (Å²) in [6.45, 7) is 1.55. The number of hydrogen-bond donors (Lipinski definition) is 2. The van der Waals surface area contributed by atoms with Crippen LogP contribution < -0.4 is 0 Å². The first-order chi connectivity index (χ1) is 11.1. The molecule has 2 N–H and O–H groups in total. The number of carboxylic acid groups (broad SMARTS) is 1. The van der Waals surface area contributed by atoms with Gasteiger partial charge in [-0.1, -0.05) is 12.1 Å². The largest absolute Gasteiger partial charge is 0.477 e. The fraction of sp³-hybridized carbons (Fsp3) is 0.444. The highest BCUT2D eigenvalue weighted by molar-refractivity contribution is 5.99. The van der Waals surface area contributed by atoms with Crippen LogP contribution in [0.25, 0.3) is 10.9 Å². The number of rotatable bonds is 3. The standard InChI is InChI=1S/C18H18N2O3/c19-10-18(5-6-18)15-13-2-1-12(11-3-7-23-8-4-11)9-14(13)20-16(15)17(21)22/h1-2,9,11,20H,3-8H2,(H,21,22). The van der Waals surface area contributed by atoms with Gasteiger partial charge in [0.1, 0.15) is 5.69 Å². The van der Waals surface area contributed by atoms with Crippen molar-refractivity contribution in [3.63, 3.8) is 0 Å². The predicted octanol–water partition coefficient (Wildman–Crippen LogP) is 3.32. The van der Waals surface area contributed by atoms with Crippen LogP contribution in [-0.4, -0.2) is 29.3 Å². The molecular weight excluding hydrogens is 292 g/mol. The first-order valence-corrected chi connectivity index (χ1v) is 8.03. The van der Waals surface area contributed by atoms with Crippen molar-refractivity contribution >= 4 is 16.9 Å². The molecule has 118 valence electrons. The summed E-state index contributed by atoms with van der Waals surface area (Å²) < 4.78 is 5.41. The lowest BCUT2D eigenvalue weighted by atomic mass is 9.89. The Morgan fingerprint density at radius 2 is 2.09 bits per heavy atom. The molecule has 1 aliphatic carbocycles. The second-order valence-corrected chi connectivity index (χ2v) is 6.57. The Labute approximate surface area is 133 Å². The van der Waals surface area contributed by atoms with Gasteiger partial charge in [0, 0.05) is 29.7 Å². The molecule has 1 aromatic heterocycles. The third-order valence-corrected chi connectivity index (χ3v) is 5.17. The van der Waals surface area contributed by atoms with Gasteiger partial charge in [0.15, 0.2) is 0 Å². The van der Waals surface area contributed by atoms with Crippen molar-refractivity contribution in [2.45, 2.75) is 37.0 Å². The second kappa shape index (κ2) is 5.10. The molecule has 1 saturated heterocycles. The van der Waals surface area contributed by atoms with E-state index in [1.54, 1.807) is 0 Å². The van der Waals surface area contributed by atoms with Crippen LogP contribution in [0.4, 0.5) is 0 Å². The Balaban J connectivity index is 1.84. The van der Waals surface area contributed by atoms with Crippen molar-refractivity contribution in [3.8, 4) is 6.07 Å².